The van der Waals surface area contributed by atoms with E-state index in [2.05, 4.69) is 0 Å². The smallest absolute Gasteiger partial charge is 0.263 e. The van der Waals surface area contributed by atoms with Crippen molar-refractivity contribution < 1.29 is 9.48 Å². The third-order valence-corrected chi connectivity index (χ3v) is 1.31. The summed E-state index contributed by atoms with van der Waals surface area (Å²) in [4.78, 5) is 10.8. The molecule has 1 aromatic rings. The molecule has 0 spiro atoms. The number of hydrogen-bond acceptors (Lipinski definition) is 1. The zero-order valence-electron chi connectivity index (χ0n) is 4.69. The van der Waals surface area contributed by atoms with Crippen molar-refractivity contribution in [3.63, 3.8) is 0 Å². The van der Waals surface area contributed by atoms with Gasteiger partial charge in [0, 0.05) is 6.07 Å². The lowest BCUT2D eigenvalue weighted by molar-refractivity contribution is -0.642. The van der Waals surface area contributed by atoms with Gasteiger partial charge in [-0.3, -0.25) is 4.79 Å². The average molecular weight is 121 g/mol. The molecule has 1 aliphatic heterocycles. The van der Waals surface area contributed by atoms with Gasteiger partial charge in [0.15, 0.2) is 0 Å². The van der Waals surface area contributed by atoms with Gasteiger partial charge < -0.3 is 0 Å². The Morgan fingerprint density at radius 1 is 1.56 bits per heavy atom. The quantitative estimate of drug-likeness (QED) is 0.440. The van der Waals surface area contributed by atoms with E-state index >= 15 is 0 Å². The van der Waals surface area contributed by atoms with Gasteiger partial charge in [-0.1, -0.05) is 9.36 Å². The fourth-order valence-electron chi connectivity index (χ4n) is 0.882. The topological polar surface area (TPSA) is 25.9 Å². The molecule has 0 aliphatic carbocycles. The highest BCUT2D eigenvalue weighted by molar-refractivity contribution is 5.91. The number of carbonyl (C=O) groups is 1. The molecule has 2 heterocycles. The number of rotatable bonds is 0. The predicted octanol–water partition coefficient (Wildman–Crippen LogP) is -0.0999. The lowest BCUT2D eigenvalue weighted by Gasteiger charge is -1.80. The Morgan fingerprint density at radius 2 is 2.44 bits per heavy atom. The maximum absolute atomic E-state index is 10.8. The number of fused-ring (bicyclic) bond motifs is 1. The summed E-state index contributed by atoms with van der Waals surface area (Å²) in [6.45, 7) is 0. The summed E-state index contributed by atoms with van der Waals surface area (Å²) in [5.41, 5.74) is 0. The van der Waals surface area contributed by atoms with Crippen LogP contribution in [0.25, 0.3) is 6.20 Å². The second-order valence-corrected chi connectivity index (χ2v) is 1.87. The molecule has 0 fully saturated rings. The molecule has 9 heavy (non-hydrogen) atoms. The Labute approximate surface area is 51.8 Å². The van der Waals surface area contributed by atoms with Crippen LogP contribution in [0.3, 0.4) is 0 Å². The molecule has 0 radical (unpaired) electrons. The number of nitrogens with zero attached hydrogens (tertiary/aromatic N) is 2. The highest BCUT2D eigenvalue weighted by Crippen LogP contribution is 1.91. The molecule has 1 aliphatic rings. The minimum atomic E-state index is 0.0139. The maximum atomic E-state index is 10.8. The Bertz CT molecular complexity index is 285. The van der Waals surface area contributed by atoms with Crippen LogP contribution in [0.5, 0.6) is 0 Å². The largest absolute Gasteiger partial charge is 0.312 e. The summed E-state index contributed by atoms with van der Waals surface area (Å²) in [7, 11) is 0. The molecule has 1 aromatic heterocycles. The lowest BCUT2D eigenvalue weighted by Crippen LogP contribution is -2.33. The first-order valence-electron chi connectivity index (χ1n) is 2.69. The van der Waals surface area contributed by atoms with E-state index in [4.69, 9.17) is 0 Å². The van der Waals surface area contributed by atoms with Gasteiger partial charge in [-0.2, -0.15) is 0 Å². The summed E-state index contributed by atoms with van der Waals surface area (Å²) in [5, 5.41) is 0. The molecule has 0 saturated carbocycles. The Kier molecular flexibility index (Phi) is 0.656. The van der Waals surface area contributed by atoms with Gasteiger partial charge in [-0.05, 0) is 0 Å². The number of hydrogen-bond donors (Lipinski definition) is 0. The van der Waals surface area contributed by atoms with Gasteiger partial charge in [-0.25, -0.2) is 0 Å². The van der Waals surface area contributed by atoms with Crippen LogP contribution in [0.1, 0.15) is 4.79 Å². The normalized spacial score (nSPS) is 14.4. The highest BCUT2D eigenvalue weighted by Gasteiger charge is 2.17. The first kappa shape index (κ1) is 4.49. The summed E-state index contributed by atoms with van der Waals surface area (Å²) in [5.74, 6) is 0.0139. The van der Waals surface area contributed by atoms with Crippen LogP contribution >= 0.6 is 0 Å². The highest BCUT2D eigenvalue weighted by atomic mass is 16.2. The van der Waals surface area contributed by atoms with E-state index in [-0.39, 0.29) is 5.91 Å². The first-order chi connectivity index (χ1) is 4.38. The zero-order valence-corrected chi connectivity index (χ0v) is 4.69. The lowest BCUT2D eigenvalue weighted by atomic mass is 10.6. The summed E-state index contributed by atoms with van der Waals surface area (Å²) < 4.78 is 3.25. The van der Waals surface area contributed by atoms with Crippen molar-refractivity contribution >= 4 is 12.1 Å². The van der Waals surface area contributed by atoms with Crippen LogP contribution in [0.2, 0.25) is 0 Å². The Balaban J connectivity index is 2.73. The van der Waals surface area contributed by atoms with Crippen molar-refractivity contribution in [2.24, 2.45) is 0 Å². The van der Waals surface area contributed by atoms with Crippen molar-refractivity contribution in [1.29, 1.82) is 0 Å². The van der Waals surface area contributed by atoms with Crippen LogP contribution < -0.4 is 4.68 Å². The minimum Gasteiger partial charge on any atom is -0.263 e. The van der Waals surface area contributed by atoms with Gasteiger partial charge in [0.05, 0.1) is 12.3 Å². The molecular formula is C6H5N2O+. The molecule has 0 atom stereocenters. The number of carbonyl (C=O) groups excluding carboxylic acids is 1. The summed E-state index contributed by atoms with van der Waals surface area (Å²) in [6, 6.07) is 1.82. The van der Waals surface area contributed by atoms with Crippen molar-refractivity contribution in [2.45, 2.75) is 0 Å². The SMILES string of the molecule is O=C1C=C[n+]2cccn21. The fourth-order valence-corrected chi connectivity index (χ4v) is 0.882. The molecule has 0 aromatic carbocycles. The van der Waals surface area contributed by atoms with Crippen molar-refractivity contribution in [2.75, 3.05) is 0 Å². The standard InChI is InChI=1S/C6H5N2O/c9-6-2-5-7-3-1-4-8(6)7/h1-5H/q+1. The van der Waals surface area contributed by atoms with E-state index < -0.39 is 0 Å². The molecule has 44 valence electrons. The van der Waals surface area contributed by atoms with Crippen molar-refractivity contribution in [3.8, 4) is 0 Å². The van der Waals surface area contributed by atoms with Crippen LogP contribution in [0.4, 0.5) is 0 Å². The Morgan fingerprint density at radius 3 is 3.22 bits per heavy atom. The molecule has 2 rings (SSSR count). The van der Waals surface area contributed by atoms with E-state index in [0.717, 1.165) is 0 Å². The Hall–Kier alpha value is -1.38. The van der Waals surface area contributed by atoms with Crippen LogP contribution in [-0.2, 0) is 0 Å². The summed E-state index contributed by atoms with van der Waals surface area (Å²) in [6.07, 6.45) is 6.80. The van der Waals surface area contributed by atoms with Gasteiger partial charge >= 0.3 is 5.91 Å². The van der Waals surface area contributed by atoms with Gasteiger partial charge in [0.2, 0.25) is 12.4 Å². The molecule has 0 saturated heterocycles. The van der Waals surface area contributed by atoms with E-state index in [1.54, 1.807) is 17.1 Å². The maximum Gasteiger partial charge on any atom is 0.312 e. The van der Waals surface area contributed by atoms with Crippen molar-refractivity contribution in [3.05, 3.63) is 24.5 Å². The number of allylic oxidation sites excluding steroid dienone is 1. The van der Waals surface area contributed by atoms with E-state index in [1.807, 2.05) is 12.3 Å². The second kappa shape index (κ2) is 1.31. The molecule has 3 nitrogen and oxygen atoms in total. The van der Waals surface area contributed by atoms with Gasteiger partial charge in [0.25, 0.3) is 0 Å². The fraction of sp³-hybridized carbons (Fsp3) is 0. The van der Waals surface area contributed by atoms with Crippen molar-refractivity contribution in [1.82, 2.24) is 4.68 Å². The van der Waals surface area contributed by atoms with Crippen LogP contribution in [0.15, 0.2) is 24.5 Å². The van der Waals surface area contributed by atoms with Gasteiger partial charge in [-0.15, -0.1) is 0 Å². The predicted molar refractivity (Wildman–Crippen MR) is 30.6 cm³/mol. The minimum absolute atomic E-state index is 0.0139. The van der Waals surface area contributed by atoms with Crippen LogP contribution in [0, 0.1) is 0 Å². The average Bonchev–Trinajstić information content (AvgIpc) is 2.35. The zero-order chi connectivity index (χ0) is 6.27. The second-order valence-electron chi connectivity index (χ2n) is 1.87. The molecule has 0 unspecified atom stereocenters. The monoisotopic (exact) mass is 121 g/mol. The molecular weight excluding hydrogens is 116 g/mol. The molecule has 0 bridgehead atoms. The van der Waals surface area contributed by atoms with Crippen LogP contribution in [-0.4, -0.2) is 10.6 Å². The van der Waals surface area contributed by atoms with E-state index in [0.29, 0.717) is 0 Å². The first-order valence-corrected chi connectivity index (χ1v) is 2.69. The van der Waals surface area contributed by atoms with Gasteiger partial charge in [0.1, 0.15) is 0 Å². The molecule has 0 amide bonds. The van der Waals surface area contributed by atoms with E-state index in [1.165, 1.54) is 10.8 Å². The third kappa shape index (κ3) is 0.455. The third-order valence-electron chi connectivity index (χ3n) is 1.31. The molecule has 3 heteroatoms. The molecule has 0 N–H and O–H groups in total. The van der Waals surface area contributed by atoms with E-state index in [9.17, 15) is 4.79 Å². The number of aromatic nitrogens is 2. The summed E-state index contributed by atoms with van der Waals surface area (Å²) >= 11 is 0.